The highest BCUT2D eigenvalue weighted by Gasteiger charge is 2.64. The van der Waals surface area contributed by atoms with Crippen molar-refractivity contribution < 1.29 is 12.8 Å². The lowest BCUT2D eigenvalue weighted by molar-refractivity contribution is 0.457. The molecule has 1 saturated carbocycles. The summed E-state index contributed by atoms with van der Waals surface area (Å²) >= 11 is 0. The van der Waals surface area contributed by atoms with Gasteiger partial charge in [-0.2, -0.15) is 0 Å². The average Bonchev–Trinajstić information content (AvgIpc) is 2.65. The first-order chi connectivity index (χ1) is 8.98. The Morgan fingerprint density at radius 1 is 1.20 bits per heavy atom. The number of sulfonamides is 1. The number of nitrogens with one attached hydrogen (secondary N) is 1. The quantitative estimate of drug-likeness (QED) is 0.839. The van der Waals surface area contributed by atoms with Crippen molar-refractivity contribution in [2.75, 3.05) is 12.3 Å². The van der Waals surface area contributed by atoms with E-state index in [2.05, 4.69) is 32.4 Å². The highest BCUT2D eigenvalue weighted by atomic mass is 32.2. The molecular formula is C14H21FN2O2S. The monoisotopic (exact) mass is 300 g/mol. The maximum absolute atomic E-state index is 13.2. The minimum Gasteiger partial charge on any atom is -0.399 e. The van der Waals surface area contributed by atoms with Gasteiger partial charge in [0.15, 0.2) is 0 Å². The maximum Gasteiger partial charge on any atom is 0.240 e. The molecule has 0 saturated heterocycles. The van der Waals surface area contributed by atoms with Gasteiger partial charge < -0.3 is 5.73 Å². The molecule has 1 aliphatic carbocycles. The first kappa shape index (κ1) is 15.3. The van der Waals surface area contributed by atoms with Crippen LogP contribution in [0.4, 0.5) is 10.1 Å². The minimum atomic E-state index is -3.73. The van der Waals surface area contributed by atoms with Gasteiger partial charge in [0.05, 0.1) is 4.90 Å². The van der Waals surface area contributed by atoms with Gasteiger partial charge in [0.1, 0.15) is 5.82 Å². The minimum absolute atomic E-state index is 0.0937. The van der Waals surface area contributed by atoms with Crippen LogP contribution < -0.4 is 10.5 Å². The zero-order chi connectivity index (χ0) is 15.3. The van der Waals surface area contributed by atoms with Gasteiger partial charge in [0.2, 0.25) is 10.0 Å². The third kappa shape index (κ3) is 2.42. The molecule has 20 heavy (non-hydrogen) atoms. The van der Waals surface area contributed by atoms with Crippen molar-refractivity contribution in [3.63, 3.8) is 0 Å². The van der Waals surface area contributed by atoms with Crippen LogP contribution in [0.25, 0.3) is 0 Å². The molecule has 0 aromatic heterocycles. The van der Waals surface area contributed by atoms with E-state index in [9.17, 15) is 12.8 Å². The van der Waals surface area contributed by atoms with Crippen molar-refractivity contribution in [3.8, 4) is 0 Å². The van der Waals surface area contributed by atoms with Crippen molar-refractivity contribution >= 4 is 15.7 Å². The van der Waals surface area contributed by atoms with Gasteiger partial charge in [-0.25, -0.2) is 17.5 Å². The molecule has 0 bridgehead atoms. The number of halogens is 1. The van der Waals surface area contributed by atoms with Gasteiger partial charge in [-0.15, -0.1) is 0 Å². The number of benzene rings is 1. The van der Waals surface area contributed by atoms with Gasteiger partial charge in [-0.05, 0) is 34.9 Å². The number of hydrogen-bond acceptors (Lipinski definition) is 3. The van der Waals surface area contributed by atoms with Crippen LogP contribution in [-0.2, 0) is 10.0 Å². The van der Waals surface area contributed by atoms with Crippen LogP contribution in [-0.4, -0.2) is 15.0 Å². The molecule has 2 rings (SSSR count). The lowest BCUT2D eigenvalue weighted by Gasteiger charge is -2.08. The molecule has 0 unspecified atom stereocenters. The van der Waals surface area contributed by atoms with E-state index in [4.69, 9.17) is 5.73 Å². The van der Waals surface area contributed by atoms with E-state index in [1.165, 1.54) is 6.07 Å². The highest BCUT2D eigenvalue weighted by Crippen LogP contribution is 2.67. The molecule has 0 heterocycles. The molecule has 1 fully saturated rings. The number of hydrogen-bond donors (Lipinski definition) is 2. The standard InChI is InChI=1S/C14H21FN2O2S/c1-13(2)12(14(13,3)4)8-17-20(18,19)11-6-9(15)5-10(16)7-11/h5-7,12,17H,8,16H2,1-4H3. The number of rotatable bonds is 4. The number of nitrogen functional groups attached to an aromatic ring is 1. The van der Waals surface area contributed by atoms with E-state index >= 15 is 0 Å². The summed E-state index contributed by atoms with van der Waals surface area (Å²) in [6.45, 7) is 8.81. The summed E-state index contributed by atoms with van der Waals surface area (Å²) in [6, 6.07) is 3.32. The molecule has 6 heteroatoms. The van der Waals surface area contributed by atoms with Gasteiger partial charge in [0, 0.05) is 12.2 Å². The van der Waals surface area contributed by atoms with E-state index in [0.29, 0.717) is 6.54 Å². The Morgan fingerprint density at radius 2 is 1.75 bits per heavy atom. The molecule has 1 aromatic rings. The normalized spacial score (nSPS) is 20.9. The van der Waals surface area contributed by atoms with Gasteiger partial charge in [-0.1, -0.05) is 27.7 Å². The highest BCUT2D eigenvalue weighted by molar-refractivity contribution is 7.89. The van der Waals surface area contributed by atoms with Crippen molar-refractivity contribution in [2.24, 2.45) is 16.7 Å². The molecule has 1 aromatic carbocycles. The van der Waals surface area contributed by atoms with Crippen LogP contribution in [0.5, 0.6) is 0 Å². The Balaban J connectivity index is 2.13. The summed E-state index contributed by atoms with van der Waals surface area (Å²) in [7, 11) is -3.73. The number of nitrogens with two attached hydrogens (primary N) is 1. The molecule has 0 aliphatic heterocycles. The van der Waals surface area contributed by atoms with Crippen LogP contribution >= 0.6 is 0 Å². The smallest absolute Gasteiger partial charge is 0.240 e. The van der Waals surface area contributed by atoms with E-state index < -0.39 is 15.8 Å². The fourth-order valence-corrected chi connectivity index (χ4v) is 3.97. The molecule has 0 atom stereocenters. The van der Waals surface area contributed by atoms with E-state index in [-0.39, 0.29) is 27.3 Å². The van der Waals surface area contributed by atoms with Crippen molar-refractivity contribution in [1.82, 2.24) is 4.72 Å². The Hall–Kier alpha value is -1.14. The zero-order valence-corrected chi connectivity index (χ0v) is 13.0. The average molecular weight is 300 g/mol. The van der Waals surface area contributed by atoms with Gasteiger partial charge >= 0.3 is 0 Å². The molecule has 3 N–H and O–H groups in total. The van der Waals surface area contributed by atoms with E-state index in [1.54, 1.807) is 0 Å². The Labute approximate surface area is 119 Å². The number of anilines is 1. The second-order valence-corrected chi connectivity index (χ2v) is 8.34. The topological polar surface area (TPSA) is 72.2 Å². The van der Waals surface area contributed by atoms with Crippen LogP contribution in [0.2, 0.25) is 0 Å². The van der Waals surface area contributed by atoms with Crippen molar-refractivity contribution in [3.05, 3.63) is 24.0 Å². The Morgan fingerprint density at radius 3 is 2.20 bits per heavy atom. The Bertz CT molecular complexity index is 604. The van der Waals surface area contributed by atoms with Crippen molar-refractivity contribution in [2.45, 2.75) is 32.6 Å². The molecule has 0 amide bonds. The summed E-state index contributed by atoms with van der Waals surface area (Å²) < 4.78 is 40.1. The largest absolute Gasteiger partial charge is 0.399 e. The summed E-state index contributed by atoms with van der Waals surface area (Å²) in [5.41, 5.74) is 5.76. The fraction of sp³-hybridized carbons (Fsp3) is 0.571. The molecule has 0 spiro atoms. The maximum atomic E-state index is 13.2. The summed E-state index contributed by atoms with van der Waals surface area (Å²) in [4.78, 5) is -0.133. The third-order valence-electron chi connectivity index (χ3n) is 5.00. The van der Waals surface area contributed by atoms with E-state index in [1.807, 2.05) is 0 Å². The predicted molar refractivity (Wildman–Crippen MR) is 77.1 cm³/mol. The molecule has 1 aliphatic rings. The van der Waals surface area contributed by atoms with Gasteiger partial charge in [-0.3, -0.25) is 0 Å². The van der Waals surface area contributed by atoms with Gasteiger partial charge in [0.25, 0.3) is 0 Å². The molecular weight excluding hydrogens is 279 g/mol. The van der Waals surface area contributed by atoms with Crippen molar-refractivity contribution in [1.29, 1.82) is 0 Å². The zero-order valence-electron chi connectivity index (χ0n) is 12.2. The Kier molecular flexibility index (Phi) is 3.38. The van der Waals surface area contributed by atoms with Crippen LogP contribution in [0.3, 0.4) is 0 Å². The van der Waals surface area contributed by atoms with Crippen LogP contribution in [0.15, 0.2) is 23.1 Å². The summed E-state index contributed by atoms with van der Waals surface area (Å²) in [5.74, 6) is -0.395. The molecule has 4 nitrogen and oxygen atoms in total. The second-order valence-electron chi connectivity index (χ2n) is 6.57. The first-order valence-electron chi connectivity index (χ1n) is 6.54. The summed E-state index contributed by atoms with van der Waals surface area (Å²) in [6.07, 6.45) is 0. The predicted octanol–water partition coefficient (Wildman–Crippen LogP) is 2.37. The molecule has 112 valence electrons. The lowest BCUT2D eigenvalue weighted by Crippen LogP contribution is -2.27. The fourth-order valence-electron chi connectivity index (χ4n) is 2.86. The lowest BCUT2D eigenvalue weighted by atomic mass is 10.0. The first-order valence-corrected chi connectivity index (χ1v) is 8.02. The summed E-state index contributed by atoms with van der Waals surface area (Å²) in [5, 5.41) is 0. The molecule has 0 radical (unpaired) electrons. The third-order valence-corrected chi connectivity index (χ3v) is 6.40. The SMILES string of the molecule is CC1(C)C(CNS(=O)(=O)c2cc(N)cc(F)c2)C1(C)C. The van der Waals surface area contributed by atoms with Crippen LogP contribution in [0.1, 0.15) is 27.7 Å². The van der Waals surface area contributed by atoms with E-state index in [0.717, 1.165) is 12.1 Å². The second kappa shape index (κ2) is 4.43. The van der Waals surface area contributed by atoms with Crippen LogP contribution in [0, 0.1) is 22.6 Å².